The zero-order valence-corrected chi connectivity index (χ0v) is 14.0. The Hall–Kier alpha value is -0.560. The van der Waals surface area contributed by atoms with E-state index < -0.39 is 0 Å². The van der Waals surface area contributed by atoms with E-state index in [9.17, 15) is 0 Å². The number of unbranched alkanes of at least 4 members (excludes halogenated alkanes) is 4. The molecule has 0 aliphatic rings. The Bertz CT molecular complexity index is 259. The minimum absolute atomic E-state index is 1.11. The normalized spacial score (nSPS) is 12.0. The molecule has 0 aromatic heterocycles. The second-order valence-electron chi connectivity index (χ2n) is 6.05. The number of nitrogens with zero attached hydrogens (tertiary/aromatic N) is 1. The lowest BCUT2D eigenvalue weighted by atomic mass is 10.1. The van der Waals surface area contributed by atoms with Crippen molar-refractivity contribution in [3.05, 3.63) is 23.3 Å². The second kappa shape index (κ2) is 12.5. The van der Waals surface area contributed by atoms with E-state index in [0.717, 1.165) is 6.54 Å². The molecule has 0 atom stereocenters. The summed E-state index contributed by atoms with van der Waals surface area (Å²) in [6, 6.07) is 0. The first-order valence-corrected chi connectivity index (χ1v) is 8.03. The molecule has 0 aromatic carbocycles. The zero-order chi connectivity index (χ0) is 14.5. The van der Waals surface area contributed by atoms with Crippen LogP contribution in [0.5, 0.6) is 0 Å². The van der Waals surface area contributed by atoms with Crippen LogP contribution in [-0.2, 0) is 0 Å². The maximum absolute atomic E-state index is 2.44. The number of allylic oxidation sites excluding steroid dienone is 3. The van der Waals surface area contributed by atoms with Crippen LogP contribution in [0.15, 0.2) is 23.3 Å². The molecular formula is C18H35N. The lowest BCUT2D eigenvalue weighted by molar-refractivity contribution is 0.355. The van der Waals surface area contributed by atoms with E-state index in [-0.39, 0.29) is 0 Å². The highest BCUT2D eigenvalue weighted by Gasteiger charge is 1.97. The first-order chi connectivity index (χ1) is 9.06. The van der Waals surface area contributed by atoms with Crippen LogP contribution in [0.25, 0.3) is 0 Å². The van der Waals surface area contributed by atoms with Gasteiger partial charge >= 0.3 is 0 Å². The van der Waals surface area contributed by atoms with Gasteiger partial charge in [-0.15, -0.1) is 0 Å². The molecule has 0 aromatic rings. The molecule has 0 heterocycles. The minimum Gasteiger partial charge on any atom is -0.303 e. The van der Waals surface area contributed by atoms with E-state index in [2.05, 4.69) is 51.8 Å². The average Bonchev–Trinajstić information content (AvgIpc) is 2.35. The van der Waals surface area contributed by atoms with E-state index in [0.29, 0.717) is 0 Å². The van der Waals surface area contributed by atoms with Crippen LogP contribution >= 0.6 is 0 Å². The zero-order valence-electron chi connectivity index (χ0n) is 14.0. The molecule has 0 saturated heterocycles. The van der Waals surface area contributed by atoms with Crippen molar-refractivity contribution in [1.82, 2.24) is 4.90 Å². The summed E-state index contributed by atoms with van der Waals surface area (Å²) in [6.07, 6.45) is 14.0. The Morgan fingerprint density at radius 2 is 1.63 bits per heavy atom. The predicted octanol–water partition coefficient (Wildman–Crippen LogP) is 5.58. The predicted molar refractivity (Wildman–Crippen MR) is 88.7 cm³/mol. The van der Waals surface area contributed by atoms with Crippen molar-refractivity contribution in [2.45, 2.75) is 72.6 Å². The first-order valence-electron chi connectivity index (χ1n) is 8.03. The summed E-state index contributed by atoms with van der Waals surface area (Å²) >= 11 is 0. The van der Waals surface area contributed by atoms with E-state index in [1.165, 1.54) is 62.6 Å². The Morgan fingerprint density at radius 3 is 2.26 bits per heavy atom. The first kappa shape index (κ1) is 18.4. The summed E-state index contributed by atoms with van der Waals surface area (Å²) in [4.78, 5) is 2.44. The number of likely N-dealkylation sites (N-methyl/N-ethyl adjacent to an activating group) is 1. The van der Waals surface area contributed by atoms with Gasteiger partial charge in [-0.1, -0.05) is 55.9 Å². The SMILES string of the molecule is CCCCCCCN(C)C/C=C(\C)CCC=C(C)C. The molecule has 112 valence electrons. The van der Waals surface area contributed by atoms with Gasteiger partial charge in [-0.2, -0.15) is 0 Å². The maximum Gasteiger partial charge on any atom is 0.0162 e. The Labute approximate surface area is 121 Å². The number of hydrogen-bond acceptors (Lipinski definition) is 1. The highest BCUT2D eigenvalue weighted by atomic mass is 15.1. The minimum atomic E-state index is 1.11. The quantitative estimate of drug-likeness (QED) is 0.348. The highest BCUT2D eigenvalue weighted by Crippen LogP contribution is 2.07. The summed E-state index contributed by atoms with van der Waals surface area (Å²) < 4.78 is 0. The molecular weight excluding hydrogens is 230 g/mol. The summed E-state index contributed by atoms with van der Waals surface area (Å²) in [6.45, 7) is 11.2. The van der Waals surface area contributed by atoms with Gasteiger partial charge in [0.15, 0.2) is 0 Å². The van der Waals surface area contributed by atoms with E-state index >= 15 is 0 Å². The highest BCUT2D eigenvalue weighted by molar-refractivity contribution is 5.02. The van der Waals surface area contributed by atoms with Crippen LogP contribution in [0.1, 0.15) is 72.6 Å². The molecule has 1 nitrogen and oxygen atoms in total. The summed E-state index contributed by atoms with van der Waals surface area (Å²) in [7, 11) is 2.24. The van der Waals surface area contributed by atoms with Crippen LogP contribution < -0.4 is 0 Å². The van der Waals surface area contributed by atoms with Gasteiger partial charge in [0.2, 0.25) is 0 Å². The summed E-state index contributed by atoms with van der Waals surface area (Å²) in [5.41, 5.74) is 2.95. The molecule has 0 aliphatic heterocycles. The molecule has 0 unspecified atom stereocenters. The van der Waals surface area contributed by atoms with E-state index in [4.69, 9.17) is 0 Å². The maximum atomic E-state index is 2.44. The lowest BCUT2D eigenvalue weighted by Crippen LogP contribution is -2.19. The molecule has 0 spiro atoms. The standard InChI is InChI=1S/C18H35N/c1-6-7-8-9-10-15-19(5)16-14-18(4)13-11-12-17(2)3/h12,14H,6-11,13,15-16H2,1-5H3/b18-14+. The largest absolute Gasteiger partial charge is 0.303 e. The van der Waals surface area contributed by atoms with Gasteiger partial charge in [-0.05, 0) is 53.6 Å². The van der Waals surface area contributed by atoms with Crippen molar-refractivity contribution in [1.29, 1.82) is 0 Å². The molecule has 0 radical (unpaired) electrons. The molecule has 0 amide bonds. The van der Waals surface area contributed by atoms with Crippen LogP contribution in [0, 0.1) is 0 Å². The molecule has 0 fully saturated rings. The Balaban J connectivity index is 3.63. The van der Waals surface area contributed by atoms with Crippen LogP contribution in [-0.4, -0.2) is 25.0 Å². The summed E-state index contributed by atoms with van der Waals surface area (Å²) in [5, 5.41) is 0. The number of rotatable bonds is 11. The van der Waals surface area contributed by atoms with E-state index in [1.807, 2.05) is 0 Å². The average molecular weight is 265 g/mol. The monoisotopic (exact) mass is 265 g/mol. The Kier molecular flexibility index (Phi) is 12.1. The van der Waals surface area contributed by atoms with Crippen molar-refractivity contribution >= 4 is 0 Å². The smallest absolute Gasteiger partial charge is 0.0162 e. The van der Waals surface area contributed by atoms with E-state index in [1.54, 1.807) is 0 Å². The molecule has 0 aliphatic carbocycles. The fourth-order valence-electron chi connectivity index (χ4n) is 2.08. The third kappa shape index (κ3) is 13.7. The summed E-state index contributed by atoms with van der Waals surface area (Å²) in [5.74, 6) is 0. The van der Waals surface area contributed by atoms with Gasteiger partial charge < -0.3 is 4.90 Å². The fourth-order valence-corrected chi connectivity index (χ4v) is 2.08. The van der Waals surface area contributed by atoms with Gasteiger partial charge in [-0.25, -0.2) is 0 Å². The molecule has 1 heteroatoms. The number of hydrogen-bond donors (Lipinski definition) is 0. The van der Waals surface area contributed by atoms with Crippen LogP contribution in [0.3, 0.4) is 0 Å². The van der Waals surface area contributed by atoms with Crippen LogP contribution in [0.2, 0.25) is 0 Å². The third-order valence-corrected chi connectivity index (χ3v) is 3.49. The molecule has 0 N–H and O–H groups in total. The second-order valence-corrected chi connectivity index (χ2v) is 6.05. The van der Waals surface area contributed by atoms with Gasteiger partial charge in [0.25, 0.3) is 0 Å². The van der Waals surface area contributed by atoms with Crippen LogP contribution in [0.4, 0.5) is 0 Å². The van der Waals surface area contributed by atoms with Gasteiger partial charge in [0, 0.05) is 6.54 Å². The fraction of sp³-hybridized carbons (Fsp3) is 0.778. The van der Waals surface area contributed by atoms with Crippen molar-refractivity contribution in [3.8, 4) is 0 Å². The lowest BCUT2D eigenvalue weighted by Gasteiger charge is -2.14. The van der Waals surface area contributed by atoms with Crippen molar-refractivity contribution in [3.63, 3.8) is 0 Å². The van der Waals surface area contributed by atoms with Crippen molar-refractivity contribution in [2.75, 3.05) is 20.1 Å². The van der Waals surface area contributed by atoms with Crippen molar-refractivity contribution < 1.29 is 0 Å². The van der Waals surface area contributed by atoms with Gasteiger partial charge in [0.1, 0.15) is 0 Å². The Morgan fingerprint density at radius 1 is 0.947 bits per heavy atom. The van der Waals surface area contributed by atoms with Crippen molar-refractivity contribution in [2.24, 2.45) is 0 Å². The molecule has 19 heavy (non-hydrogen) atoms. The topological polar surface area (TPSA) is 3.24 Å². The van der Waals surface area contributed by atoms with Gasteiger partial charge in [0.05, 0.1) is 0 Å². The molecule has 0 rings (SSSR count). The third-order valence-electron chi connectivity index (χ3n) is 3.49. The van der Waals surface area contributed by atoms with Gasteiger partial charge in [-0.3, -0.25) is 0 Å². The molecule has 0 bridgehead atoms. The molecule has 0 saturated carbocycles.